The number of ether oxygens (including phenoxy) is 1. The molecule has 2 rings (SSSR count). The Bertz CT molecular complexity index is 378. The molecule has 4 heteroatoms. The van der Waals surface area contributed by atoms with E-state index in [0.29, 0.717) is 12.1 Å². The number of nitrogens with two attached hydrogens (primary N) is 1. The van der Waals surface area contributed by atoms with E-state index in [1.807, 2.05) is 11.3 Å². The molecule has 0 bridgehead atoms. The monoisotopic (exact) mass is 268 g/mol. The van der Waals surface area contributed by atoms with Crippen molar-refractivity contribution in [2.45, 2.75) is 45.3 Å². The van der Waals surface area contributed by atoms with Crippen LogP contribution in [0.2, 0.25) is 0 Å². The van der Waals surface area contributed by atoms with E-state index < -0.39 is 0 Å². The molecule has 2 N–H and O–H groups in total. The van der Waals surface area contributed by atoms with Crippen molar-refractivity contribution in [2.75, 3.05) is 19.8 Å². The fourth-order valence-corrected chi connectivity index (χ4v) is 3.93. The lowest BCUT2D eigenvalue weighted by molar-refractivity contribution is -0.0342. The van der Waals surface area contributed by atoms with Crippen molar-refractivity contribution in [3.8, 4) is 0 Å². The molecule has 0 saturated carbocycles. The molecule has 1 aromatic heterocycles. The molecule has 3 atom stereocenters. The van der Waals surface area contributed by atoms with Gasteiger partial charge in [-0.15, -0.1) is 11.3 Å². The van der Waals surface area contributed by atoms with Crippen molar-refractivity contribution in [3.63, 3.8) is 0 Å². The lowest BCUT2D eigenvalue weighted by Gasteiger charge is -2.42. The first kappa shape index (κ1) is 14.0. The van der Waals surface area contributed by atoms with Crippen molar-refractivity contribution in [1.82, 2.24) is 4.90 Å². The van der Waals surface area contributed by atoms with Gasteiger partial charge in [-0.2, -0.15) is 0 Å². The maximum atomic E-state index is 6.27. The van der Waals surface area contributed by atoms with Gasteiger partial charge in [0.05, 0.1) is 19.3 Å². The summed E-state index contributed by atoms with van der Waals surface area (Å²) in [5, 5.41) is 2.17. The number of hydrogen-bond acceptors (Lipinski definition) is 4. The maximum Gasteiger partial charge on any atom is 0.0622 e. The lowest BCUT2D eigenvalue weighted by atomic mass is 10.0. The topological polar surface area (TPSA) is 38.5 Å². The molecule has 1 saturated heterocycles. The molecule has 2 heterocycles. The number of rotatable bonds is 4. The summed E-state index contributed by atoms with van der Waals surface area (Å²) in [6.07, 6.45) is 1.12. The van der Waals surface area contributed by atoms with Gasteiger partial charge in [0.2, 0.25) is 0 Å². The van der Waals surface area contributed by atoms with Crippen LogP contribution in [0.15, 0.2) is 11.4 Å². The third-order valence-corrected chi connectivity index (χ3v) is 4.86. The summed E-state index contributed by atoms with van der Waals surface area (Å²) in [6, 6.07) is 3.17. The van der Waals surface area contributed by atoms with Crippen molar-refractivity contribution in [2.24, 2.45) is 5.73 Å². The van der Waals surface area contributed by atoms with Gasteiger partial charge in [0, 0.05) is 23.5 Å². The predicted octanol–water partition coefficient (Wildman–Crippen LogP) is 2.56. The van der Waals surface area contributed by atoms with Gasteiger partial charge >= 0.3 is 0 Å². The summed E-state index contributed by atoms with van der Waals surface area (Å²) in [5.41, 5.74) is 7.63. The van der Waals surface area contributed by atoms with Crippen LogP contribution in [0.1, 0.15) is 36.8 Å². The molecule has 3 unspecified atom stereocenters. The van der Waals surface area contributed by atoms with Gasteiger partial charge in [-0.1, -0.05) is 6.92 Å². The van der Waals surface area contributed by atoms with Crippen molar-refractivity contribution >= 4 is 11.3 Å². The second-order valence-electron chi connectivity index (χ2n) is 5.15. The molecule has 0 spiro atoms. The molecule has 18 heavy (non-hydrogen) atoms. The van der Waals surface area contributed by atoms with E-state index in [-0.39, 0.29) is 6.04 Å². The Morgan fingerprint density at radius 1 is 1.61 bits per heavy atom. The molecule has 102 valence electrons. The molecule has 1 aliphatic rings. The molecule has 1 aromatic rings. The average molecular weight is 268 g/mol. The Morgan fingerprint density at radius 2 is 2.39 bits per heavy atom. The molecule has 1 aliphatic heterocycles. The van der Waals surface area contributed by atoms with Crippen LogP contribution in [0.4, 0.5) is 0 Å². The van der Waals surface area contributed by atoms with E-state index in [4.69, 9.17) is 10.5 Å². The highest BCUT2D eigenvalue weighted by molar-refractivity contribution is 7.10. The van der Waals surface area contributed by atoms with Gasteiger partial charge in [-0.05, 0) is 37.3 Å². The van der Waals surface area contributed by atoms with Crippen LogP contribution in [0.25, 0.3) is 0 Å². The third kappa shape index (κ3) is 2.77. The summed E-state index contributed by atoms with van der Waals surface area (Å²) in [4.78, 5) is 3.97. The largest absolute Gasteiger partial charge is 0.378 e. The maximum absolute atomic E-state index is 6.27. The van der Waals surface area contributed by atoms with E-state index >= 15 is 0 Å². The van der Waals surface area contributed by atoms with Gasteiger partial charge in [0.25, 0.3) is 0 Å². The summed E-state index contributed by atoms with van der Waals surface area (Å²) in [7, 11) is 0. The highest BCUT2D eigenvalue weighted by atomic mass is 32.1. The second-order valence-corrected chi connectivity index (χ2v) is 6.09. The number of nitrogens with zero attached hydrogens (tertiary/aromatic N) is 1. The van der Waals surface area contributed by atoms with Gasteiger partial charge in [-0.25, -0.2) is 0 Å². The van der Waals surface area contributed by atoms with Crippen LogP contribution < -0.4 is 5.73 Å². The van der Waals surface area contributed by atoms with Gasteiger partial charge < -0.3 is 10.5 Å². The van der Waals surface area contributed by atoms with Gasteiger partial charge in [0.15, 0.2) is 0 Å². The Hall–Kier alpha value is -0.420. The van der Waals surface area contributed by atoms with E-state index in [1.54, 1.807) is 0 Å². The minimum atomic E-state index is 0.148. The molecular formula is C14H24N2OS. The standard InChI is InChI=1S/C14H24N2OS/c1-4-12-9-17-7-6-16(12)13(11(3)15)14-10(2)5-8-18-14/h5,8,11-13H,4,6-7,9,15H2,1-3H3. The van der Waals surface area contributed by atoms with E-state index in [0.717, 1.165) is 26.2 Å². The van der Waals surface area contributed by atoms with E-state index in [1.165, 1.54) is 10.4 Å². The Labute approximate surface area is 114 Å². The van der Waals surface area contributed by atoms with Crippen LogP contribution in [0, 0.1) is 6.92 Å². The fourth-order valence-electron chi connectivity index (χ4n) is 2.77. The number of morpholine rings is 1. The summed E-state index contributed by atoms with van der Waals surface area (Å²) < 4.78 is 5.60. The van der Waals surface area contributed by atoms with Crippen molar-refractivity contribution < 1.29 is 4.74 Å². The molecule has 0 amide bonds. The fraction of sp³-hybridized carbons (Fsp3) is 0.714. The number of thiophene rings is 1. The third-order valence-electron chi connectivity index (χ3n) is 3.77. The summed E-state index contributed by atoms with van der Waals surface area (Å²) >= 11 is 1.83. The van der Waals surface area contributed by atoms with Crippen molar-refractivity contribution in [1.29, 1.82) is 0 Å². The second kappa shape index (κ2) is 6.15. The zero-order valence-corrected chi connectivity index (χ0v) is 12.4. The van der Waals surface area contributed by atoms with Gasteiger partial charge in [-0.3, -0.25) is 4.90 Å². The van der Waals surface area contributed by atoms with Crippen LogP contribution in [0.5, 0.6) is 0 Å². The van der Waals surface area contributed by atoms with E-state index in [9.17, 15) is 0 Å². The first-order valence-electron chi connectivity index (χ1n) is 6.78. The molecule has 1 fully saturated rings. The minimum Gasteiger partial charge on any atom is -0.378 e. The first-order valence-corrected chi connectivity index (χ1v) is 7.66. The zero-order chi connectivity index (χ0) is 13.1. The molecule has 3 nitrogen and oxygen atoms in total. The van der Waals surface area contributed by atoms with Crippen molar-refractivity contribution in [3.05, 3.63) is 21.9 Å². The molecular weight excluding hydrogens is 244 g/mol. The van der Waals surface area contributed by atoms with Crippen LogP contribution >= 0.6 is 11.3 Å². The SMILES string of the molecule is CCC1COCCN1C(c1sccc1C)C(C)N. The normalized spacial score (nSPS) is 25.0. The Kier molecular flexibility index (Phi) is 4.78. The Balaban J connectivity index is 2.27. The quantitative estimate of drug-likeness (QED) is 0.912. The highest BCUT2D eigenvalue weighted by Gasteiger charge is 2.32. The minimum absolute atomic E-state index is 0.148. The number of hydrogen-bond donors (Lipinski definition) is 1. The van der Waals surface area contributed by atoms with Crippen LogP contribution in [0.3, 0.4) is 0 Å². The molecule has 0 aliphatic carbocycles. The zero-order valence-electron chi connectivity index (χ0n) is 11.6. The molecule has 0 aromatic carbocycles. The highest BCUT2D eigenvalue weighted by Crippen LogP contribution is 2.33. The summed E-state index contributed by atoms with van der Waals surface area (Å²) in [5.74, 6) is 0. The predicted molar refractivity (Wildman–Crippen MR) is 77.1 cm³/mol. The van der Waals surface area contributed by atoms with Crippen LogP contribution in [-0.4, -0.2) is 36.7 Å². The lowest BCUT2D eigenvalue weighted by Crippen LogP contribution is -2.51. The van der Waals surface area contributed by atoms with E-state index in [2.05, 4.69) is 37.1 Å². The van der Waals surface area contributed by atoms with Gasteiger partial charge in [0.1, 0.15) is 0 Å². The smallest absolute Gasteiger partial charge is 0.0622 e. The molecule has 0 radical (unpaired) electrons. The Morgan fingerprint density at radius 3 is 2.94 bits per heavy atom. The average Bonchev–Trinajstić information content (AvgIpc) is 2.76. The first-order chi connectivity index (χ1) is 8.65. The summed E-state index contributed by atoms with van der Waals surface area (Å²) in [6.45, 7) is 9.18. The van der Waals surface area contributed by atoms with Crippen LogP contribution in [-0.2, 0) is 4.74 Å². The number of aryl methyl sites for hydroxylation is 1.